The number of ether oxygens (including phenoxy) is 3. The van der Waals surface area contributed by atoms with Crippen LogP contribution in [-0.2, 0) is 0 Å². The van der Waals surface area contributed by atoms with E-state index in [2.05, 4.69) is 10.3 Å². The normalized spacial score (nSPS) is 11.7. The maximum atomic E-state index is 12.8. The van der Waals surface area contributed by atoms with Crippen LogP contribution in [0.1, 0.15) is 39.8 Å². The van der Waals surface area contributed by atoms with Crippen molar-refractivity contribution >= 4 is 28.5 Å². The Labute approximate surface area is 202 Å². The van der Waals surface area contributed by atoms with Gasteiger partial charge in [-0.3, -0.25) is 9.78 Å². The Morgan fingerprint density at radius 2 is 1.91 bits per heavy atom. The Morgan fingerprint density at radius 3 is 2.60 bits per heavy atom. The van der Waals surface area contributed by atoms with Crippen LogP contribution in [0.4, 0.5) is 5.69 Å². The molecule has 3 aromatic rings. The number of rotatable bonds is 11. The molecule has 0 aliphatic carbocycles. The summed E-state index contributed by atoms with van der Waals surface area (Å²) >= 11 is 0. The van der Waals surface area contributed by atoms with Gasteiger partial charge in [0.1, 0.15) is 17.9 Å². The summed E-state index contributed by atoms with van der Waals surface area (Å²) in [6, 6.07) is 9.58. The molecule has 0 radical (unpaired) electrons. The van der Waals surface area contributed by atoms with E-state index in [1.165, 1.54) is 7.11 Å². The number of methoxy groups -OCH3 is 1. The lowest BCUT2D eigenvalue weighted by atomic mass is 10.1. The van der Waals surface area contributed by atoms with Crippen LogP contribution in [0.15, 0.2) is 36.4 Å². The number of nitrogen functional groups attached to an aromatic ring is 1. The van der Waals surface area contributed by atoms with Crippen LogP contribution >= 0.6 is 0 Å². The molecule has 0 aliphatic rings. The molecule has 186 valence electrons. The number of nitrogens with one attached hydrogen (secondary N) is 1. The molecule has 0 spiro atoms. The molecule has 1 amide bonds. The van der Waals surface area contributed by atoms with Crippen molar-refractivity contribution in [2.45, 2.75) is 26.3 Å². The van der Waals surface area contributed by atoms with Gasteiger partial charge in [-0.1, -0.05) is 6.07 Å². The fraction of sp³-hybridized carbons (Fsp3) is 0.320. The lowest BCUT2D eigenvalue weighted by molar-refractivity contribution is 0.0696. The summed E-state index contributed by atoms with van der Waals surface area (Å²) in [6.45, 7) is 3.76. The van der Waals surface area contributed by atoms with Crippen LogP contribution in [-0.4, -0.2) is 60.0 Å². The Morgan fingerprint density at radius 1 is 1.14 bits per heavy atom. The standard InChI is InChI=1S/C25H29N3O7/c1-14(27-24(30)16-8-9-18(33-3)20(12-16)34-11-5-10-29)13-35-19-7-4-6-17-22(19)23(26)21(25(31)32)15(2)28-17/h4,6-9,12,14,29H,5,10-11,13H2,1-3H3,(H2,26,28)(H,27,30)(H,31,32)/t14-/m0/s1. The summed E-state index contributed by atoms with van der Waals surface area (Å²) in [7, 11) is 1.50. The highest BCUT2D eigenvalue weighted by molar-refractivity contribution is 6.06. The molecule has 1 heterocycles. The van der Waals surface area contributed by atoms with E-state index in [4.69, 9.17) is 25.1 Å². The number of nitrogens with zero attached hydrogens (tertiary/aromatic N) is 1. The minimum Gasteiger partial charge on any atom is -0.493 e. The van der Waals surface area contributed by atoms with Crippen molar-refractivity contribution in [2.24, 2.45) is 0 Å². The Kier molecular flexibility index (Phi) is 8.32. The second-order valence-electron chi connectivity index (χ2n) is 7.92. The van der Waals surface area contributed by atoms with Gasteiger partial charge in [-0.25, -0.2) is 4.79 Å². The average molecular weight is 484 g/mol. The first-order valence-corrected chi connectivity index (χ1v) is 11.0. The summed E-state index contributed by atoms with van der Waals surface area (Å²) in [5.74, 6) is -0.238. The van der Waals surface area contributed by atoms with Crippen molar-refractivity contribution in [3.05, 3.63) is 53.2 Å². The first-order valence-electron chi connectivity index (χ1n) is 11.0. The number of amides is 1. The van der Waals surface area contributed by atoms with E-state index in [1.807, 2.05) is 0 Å². The van der Waals surface area contributed by atoms with E-state index in [-0.39, 0.29) is 37.0 Å². The number of carbonyl (C=O) groups is 2. The first kappa shape index (κ1) is 25.6. The molecule has 10 heteroatoms. The van der Waals surface area contributed by atoms with Crippen molar-refractivity contribution in [2.75, 3.05) is 32.7 Å². The minimum atomic E-state index is -1.16. The lowest BCUT2D eigenvalue weighted by Gasteiger charge is -2.18. The summed E-state index contributed by atoms with van der Waals surface area (Å²) in [6.07, 6.45) is 0.454. The van der Waals surface area contributed by atoms with Crippen molar-refractivity contribution in [1.29, 1.82) is 0 Å². The maximum absolute atomic E-state index is 12.8. The molecule has 0 fully saturated rings. The molecular weight excluding hydrogens is 454 g/mol. The Balaban J connectivity index is 1.72. The van der Waals surface area contributed by atoms with E-state index < -0.39 is 12.0 Å². The molecule has 3 rings (SSSR count). The van der Waals surface area contributed by atoms with Crippen molar-refractivity contribution in [3.63, 3.8) is 0 Å². The monoisotopic (exact) mass is 483 g/mol. The predicted molar refractivity (Wildman–Crippen MR) is 130 cm³/mol. The Bertz CT molecular complexity index is 1230. The largest absolute Gasteiger partial charge is 0.493 e. The molecule has 2 aromatic carbocycles. The zero-order valence-corrected chi connectivity index (χ0v) is 19.8. The van der Waals surface area contributed by atoms with Gasteiger partial charge in [-0.15, -0.1) is 0 Å². The third kappa shape index (κ3) is 5.90. The summed E-state index contributed by atoms with van der Waals surface area (Å²) in [5.41, 5.74) is 7.39. The number of aromatic nitrogens is 1. The van der Waals surface area contributed by atoms with Gasteiger partial charge >= 0.3 is 5.97 Å². The fourth-order valence-corrected chi connectivity index (χ4v) is 3.57. The van der Waals surface area contributed by atoms with Gasteiger partial charge in [0.15, 0.2) is 11.5 Å². The molecule has 0 aliphatic heterocycles. The van der Waals surface area contributed by atoms with Crippen molar-refractivity contribution in [1.82, 2.24) is 10.3 Å². The van der Waals surface area contributed by atoms with E-state index in [9.17, 15) is 14.7 Å². The molecular formula is C25H29N3O7. The second kappa shape index (κ2) is 11.4. The summed E-state index contributed by atoms with van der Waals surface area (Å²) in [5, 5.41) is 21.7. The van der Waals surface area contributed by atoms with Gasteiger partial charge in [0, 0.05) is 18.6 Å². The van der Waals surface area contributed by atoms with Crippen LogP contribution in [0, 0.1) is 6.92 Å². The fourth-order valence-electron chi connectivity index (χ4n) is 3.57. The van der Waals surface area contributed by atoms with Crippen LogP contribution in [0.5, 0.6) is 17.2 Å². The molecule has 0 saturated carbocycles. The average Bonchev–Trinajstić information content (AvgIpc) is 2.82. The van der Waals surface area contributed by atoms with Gasteiger partial charge in [-0.05, 0) is 44.2 Å². The molecule has 1 aromatic heterocycles. The number of nitrogens with two attached hydrogens (primary N) is 1. The van der Waals surface area contributed by atoms with E-state index in [1.54, 1.807) is 50.2 Å². The van der Waals surface area contributed by atoms with Crippen molar-refractivity contribution in [3.8, 4) is 17.2 Å². The highest BCUT2D eigenvalue weighted by Gasteiger charge is 2.20. The van der Waals surface area contributed by atoms with Crippen LogP contribution in [0.2, 0.25) is 0 Å². The predicted octanol–water partition coefficient (Wildman–Crippen LogP) is 2.79. The number of carbonyl (C=O) groups excluding carboxylic acids is 1. The molecule has 0 bridgehead atoms. The highest BCUT2D eigenvalue weighted by atomic mass is 16.5. The molecule has 5 N–H and O–H groups in total. The third-order valence-electron chi connectivity index (χ3n) is 5.26. The first-order chi connectivity index (χ1) is 16.8. The number of carboxylic acid groups (broad SMARTS) is 1. The molecule has 0 unspecified atom stereocenters. The van der Waals surface area contributed by atoms with E-state index >= 15 is 0 Å². The Hall–Kier alpha value is -4.05. The molecule has 0 saturated heterocycles. The topological polar surface area (TPSA) is 153 Å². The molecule has 1 atom stereocenters. The zero-order valence-electron chi connectivity index (χ0n) is 19.8. The van der Waals surface area contributed by atoms with E-state index in [0.29, 0.717) is 45.8 Å². The minimum absolute atomic E-state index is 0.00432. The van der Waals surface area contributed by atoms with Gasteiger partial charge in [0.05, 0.1) is 42.0 Å². The van der Waals surface area contributed by atoms with Crippen LogP contribution in [0.3, 0.4) is 0 Å². The number of aromatic carboxylic acids is 1. The third-order valence-corrected chi connectivity index (χ3v) is 5.26. The number of aryl methyl sites for hydroxylation is 1. The number of aliphatic hydroxyl groups excluding tert-OH is 1. The number of hydrogen-bond donors (Lipinski definition) is 4. The van der Waals surface area contributed by atoms with E-state index in [0.717, 1.165) is 0 Å². The molecule has 10 nitrogen and oxygen atoms in total. The number of hydrogen-bond acceptors (Lipinski definition) is 8. The lowest BCUT2D eigenvalue weighted by Crippen LogP contribution is -2.36. The number of benzene rings is 2. The summed E-state index contributed by atoms with van der Waals surface area (Å²) < 4.78 is 16.8. The number of pyridine rings is 1. The zero-order chi connectivity index (χ0) is 25.5. The quantitative estimate of drug-likeness (QED) is 0.301. The smallest absolute Gasteiger partial charge is 0.339 e. The highest BCUT2D eigenvalue weighted by Crippen LogP contribution is 2.33. The number of fused-ring (bicyclic) bond motifs is 1. The number of carboxylic acids is 1. The van der Waals surface area contributed by atoms with Crippen molar-refractivity contribution < 1.29 is 34.0 Å². The number of anilines is 1. The maximum Gasteiger partial charge on any atom is 0.339 e. The van der Waals surface area contributed by atoms with Crippen LogP contribution < -0.4 is 25.3 Å². The van der Waals surface area contributed by atoms with Gasteiger partial charge < -0.3 is 35.5 Å². The summed E-state index contributed by atoms with van der Waals surface area (Å²) in [4.78, 5) is 28.7. The molecule has 35 heavy (non-hydrogen) atoms. The van der Waals surface area contributed by atoms with Gasteiger partial charge in [-0.2, -0.15) is 0 Å². The SMILES string of the molecule is COc1ccc(C(=O)N[C@@H](C)COc2cccc3nc(C)c(C(=O)O)c(N)c23)cc1OCCCO. The number of aliphatic hydroxyl groups is 1. The second-order valence-corrected chi connectivity index (χ2v) is 7.92. The van der Waals surface area contributed by atoms with Gasteiger partial charge in [0.2, 0.25) is 0 Å². The van der Waals surface area contributed by atoms with Gasteiger partial charge in [0.25, 0.3) is 5.91 Å². The van der Waals surface area contributed by atoms with Crippen LogP contribution in [0.25, 0.3) is 10.9 Å².